The highest BCUT2D eigenvalue weighted by atomic mass is 16.5. The zero-order chi connectivity index (χ0) is 21.6. The van der Waals surface area contributed by atoms with Gasteiger partial charge < -0.3 is 24.8 Å². The molecule has 0 bridgehead atoms. The zero-order valence-electron chi connectivity index (χ0n) is 17.8. The van der Waals surface area contributed by atoms with Gasteiger partial charge >= 0.3 is 0 Å². The molecular weight excluding hydrogens is 396 g/mol. The Kier molecular flexibility index (Phi) is 6.61. The monoisotopic (exact) mass is 424 g/mol. The number of ether oxygens (including phenoxy) is 1. The van der Waals surface area contributed by atoms with E-state index in [2.05, 4.69) is 20.1 Å². The molecular formula is C22H28N6O3. The van der Waals surface area contributed by atoms with Crippen molar-refractivity contribution in [1.29, 1.82) is 0 Å². The van der Waals surface area contributed by atoms with Crippen molar-refractivity contribution in [3.63, 3.8) is 0 Å². The summed E-state index contributed by atoms with van der Waals surface area (Å²) in [5.41, 5.74) is 1.48. The number of morpholine rings is 1. The fourth-order valence-corrected chi connectivity index (χ4v) is 3.75. The maximum Gasteiger partial charge on any atom is 0.251 e. The van der Waals surface area contributed by atoms with Crippen LogP contribution in [0.5, 0.6) is 0 Å². The van der Waals surface area contributed by atoms with Crippen LogP contribution in [0.4, 0.5) is 11.8 Å². The summed E-state index contributed by atoms with van der Waals surface area (Å²) in [4.78, 5) is 40.2. The van der Waals surface area contributed by atoms with Gasteiger partial charge in [-0.15, -0.1) is 0 Å². The number of carbonyl (C=O) groups excluding carboxylic acids is 2. The molecule has 0 aliphatic carbocycles. The zero-order valence-corrected chi connectivity index (χ0v) is 17.8. The Bertz CT molecular complexity index is 909. The van der Waals surface area contributed by atoms with Gasteiger partial charge in [-0.05, 0) is 19.1 Å². The van der Waals surface area contributed by atoms with Crippen LogP contribution in [0.15, 0.2) is 36.4 Å². The first-order valence-electron chi connectivity index (χ1n) is 10.6. The number of rotatable bonds is 5. The summed E-state index contributed by atoms with van der Waals surface area (Å²) in [6, 6.07) is 10.9. The first kappa shape index (κ1) is 21.0. The smallest absolute Gasteiger partial charge is 0.251 e. The minimum absolute atomic E-state index is 0.00151. The van der Waals surface area contributed by atoms with Gasteiger partial charge in [0.25, 0.3) is 5.91 Å². The lowest BCUT2D eigenvalue weighted by molar-refractivity contribution is -0.130. The van der Waals surface area contributed by atoms with Gasteiger partial charge in [0, 0.05) is 56.6 Å². The predicted octanol–water partition coefficient (Wildman–Crippen LogP) is 0.700. The summed E-state index contributed by atoms with van der Waals surface area (Å²) in [5, 5.41) is 2.71. The number of hydrogen-bond donors (Lipinski definition) is 1. The Hall–Kier alpha value is -3.20. The third kappa shape index (κ3) is 5.29. The minimum Gasteiger partial charge on any atom is -0.378 e. The van der Waals surface area contributed by atoms with Gasteiger partial charge in [-0.25, -0.2) is 4.98 Å². The topological polar surface area (TPSA) is 90.9 Å². The van der Waals surface area contributed by atoms with E-state index in [9.17, 15) is 9.59 Å². The van der Waals surface area contributed by atoms with Crippen molar-refractivity contribution in [3.8, 4) is 0 Å². The molecule has 2 aliphatic rings. The number of benzene rings is 1. The van der Waals surface area contributed by atoms with E-state index in [1.165, 1.54) is 0 Å². The Morgan fingerprint density at radius 2 is 1.68 bits per heavy atom. The lowest BCUT2D eigenvalue weighted by atomic mass is 10.2. The fourth-order valence-electron chi connectivity index (χ4n) is 3.75. The number of nitrogens with zero attached hydrogens (tertiary/aromatic N) is 5. The second kappa shape index (κ2) is 9.74. The number of amides is 2. The van der Waals surface area contributed by atoms with Crippen LogP contribution < -0.4 is 15.1 Å². The maximum atomic E-state index is 12.5. The number of piperazine rings is 1. The Morgan fingerprint density at radius 3 is 2.39 bits per heavy atom. The fraction of sp³-hybridized carbons (Fsp3) is 0.455. The minimum atomic E-state index is -0.236. The second-order valence-electron chi connectivity index (χ2n) is 7.68. The standard InChI is InChI=1S/C22H28N6O3/c1-17-15-19(25-22(24-17)28-11-13-31-14-12-28)26-7-9-27(10-8-26)20(29)16-23-21(30)18-5-3-2-4-6-18/h2-6,15H,7-14,16H2,1H3,(H,23,30). The molecule has 1 N–H and O–H groups in total. The molecule has 0 spiro atoms. The van der Waals surface area contributed by atoms with Crippen molar-refractivity contribution in [2.45, 2.75) is 6.92 Å². The largest absolute Gasteiger partial charge is 0.378 e. The van der Waals surface area contributed by atoms with Crippen molar-refractivity contribution in [2.75, 3.05) is 68.8 Å². The van der Waals surface area contributed by atoms with E-state index in [1.54, 1.807) is 29.2 Å². The molecule has 2 aromatic rings. The number of aryl methyl sites for hydroxylation is 1. The highest BCUT2D eigenvalue weighted by Gasteiger charge is 2.24. The normalized spacial score (nSPS) is 16.9. The molecule has 2 saturated heterocycles. The van der Waals surface area contributed by atoms with Crippen molar-refractivity contribution in [3.05, 3.63) is 47.7 Å². The molecule has 1 aromatic heterocycles. The predicted molar refractivity (Wildman–Crippen MR) is 117 cm³/mol. The molecule has 164 valence electrons. The van der Waals surface area contributed by atoms with Crippen LogP contribution in [0, 0.1) is 6.92 Å². The molecule has 4 rings (SSSR count). The number of nitrogens with one attached hydrogen (secondary N) is 1. The molecule has 2 fully saturated rings. The van der Waals surface area contributed by atoms with E-state index < -0.39 is 0 Å². The summed E-state index contributed by atoms with van der Waals surface area (Å²) in [6.45, 7) is 7.51. The number of aromatic nitrogens is 2. The molecule has 0 atom stereocenters. The summed E-state index contributed by atoms with van der Waals surface area (Å²) >= 11 is 0. The van der Waals surface area contributed by atoms with Crippen LogP contribution in [-0.2, 0) is 9.53 Å². The van der Waals surface area contributed by atoms with Crippen LogP contribution in [0.3, 0.4) is 0 Å². The van der Waals surface area contributed by atoms with E-state index in [1.807, 2.05) is 19.1 Å². The lowest BCUT2D eigenvalue weighted by Gasteiger charge is -2.36. The van der Waals surface area contributed by atoms with Gasteiger partial charge in [0.1, 0.15) is 5.82 Å². The summed E-state index contributed by atoms with van der Waals surface area (Å²) in [6.07, 6.45) is 0. The van der Waals surface area contributed by atoms with Gasteiger partial charge in [0.05, 0.1) is 19.8 Å². The van der Waals surface area contributed by atoms with Crippen LogP contribution >= 0.6 is 0 Å². The van der Waals surface area contributed by atoms with Crippen molar-refractivity contribution in [1.82, 2.24) is 20.2 Å². The highest BCUT2D eigenvalue weighted by Crippen LogP contribution is 2.19. The third-order valence-electron chi connectivity index (χ3n) is 5.52. The lowest BCUT2D eigenvalue weighted by Crippen LogP contribution is -2.51. The molecule has 31 heavy (non-hydrogen) atoms. The molecule has 3 heterocycles. The quantitative estimate of drug-likeness (QED) is 0.756. The average molecular weight is 425 g/mol. The Labute approximate surface area is 182 Å². The summed E-state index contributed by atoms with van der Waals surface area (Å²) in [5.74, 6) is 1.32. The van der Waals surface area contributed by atoms with Gasteiger partial charge in [-0.2, -0.15) is 4.98 Å². The molecule has 2 aliphatic heterocycles. The molecule has 0 saturated carbocycles. The molecule has 9 heteroatoms. The van der Waals surface area contributed by atoms with Gasteiger partial charge in [-0.1, -0.05) is 18.2 Å². The van der Waals surface area contributed by atoms with Gasteiger partial charge in [-0.3, -0.25) is 9.59 Å². The van der Waals surface area contributed by atoms with E-state index >= 15 is 0 Å². The summed E-state index contributed by atoms with van der Waals surface area (Å²) in [7, 11) is 0. The third-order valence-corrected chi connectivity index (χ3v) is 5.52. The number of hydrogen-bond acceptors (Lipinski definition) is 7. The highest BCUT2D eigenvalue weighted by molar-refractivity contribution is 5.96. The van der Waals surface area contributed by atoms with E-state index in [0.29, 0.717) is 45.0 Å². The van der Waals surface area contributed by atoms with E-state index in [0.717, 1.165) is 30.5 Å². The van der Waals surface area contributed by atoms with Crippen LogP contribution in [0.2, 0.25) is 0 Å². The Morgan fingerprint density at radius 1 is 0.968 bits per heavy atom. The molecule has 1 aromatic carbocycles. The molecule has 0 radical (unpaired) electrons. The first-order valence-corrected chi connectivity index (χ1v) is 10.6. The summed E-state index contributed by atoms with van der Waals surface area (Å²) < 4.78 is 5.42. The van der Waals surface area contributed by atoms with E-state index in [-0.39, 0.29) is 18.4 Å². The van der Waals surface area contributed by atoms with Crippen molar-refractivity contribution >= 4 is 23.6 Å². The van der Waals surface area contributed by atoms with Crippen molar-refractivity contribution in [2.24, 2.45) is 0 Å². The van der Waals surface area contributed by atoms with Gasteiger partial charge in [0.15, 0.2) is 0 Å². The van der Waals surface area contributed by atoms with Crippen molar-refractivity contribution < 1.29 is 14.3 Å². The van der Waals surface area contributed by atoms with Crippen LogP contribution in [0.1, 0.15) is 16.1 Å². The van der Waals surface area contributed by atoms with Crippen LogP contribution in [-0.4, -0.2) is 85.7 Å². The molecule has 9 nitrogen and oxygen atoms in total. The second-order valence-corrected chi connectivity index (χ2v) is 7.68. The van der Waals surface area contributed by atoms with E-state index in [4.69, 9.17) is 9.72 Å². The van der Waals surface area contributed by atoms with Gasteiger partial charge in [0.2, 0.25) is 11.9 Å². The molecule has 0 unspecified atom stereocenters. The first-order chi connectivity index (χ1) is 15.1. The number of carbonyl (C=O) groups is 2. The maximum absolute atomic E-state index is 12.5. The average Bonchev–Trinajstić information content (AvgIpc) is 2.83. The molecule has 2 amide bonds. The number of anilines is 2. The SMILES string of the molecule is Cc1cc(N2CCN(C(=O)CNC(=O)c3ccccc3)CC2)nc(N2CCOCC2)n1. The Balaban J connectivity index is 1.30. The van der Waals surface area contributed by atoms with Crippen LogP contribution in [0.25, 0.3) is 0 Å².